The predicted molar refractivity (Wildman–Crippen MR) is 121 cm³/mol. The van der Waals surface area contributed by atoms with E-state index in [1.807, 2.05) is 53.7 Å². The lowest BCUT2D eigenvalue weighted by Crippen LogP contribution is -2.28. The molecule has 1 aromatic carbocycles. The molecule has 0 saturated carbocycles. The number of carboxylic acids is 1. The Morgan fingerprint density at radius 2 is 1.65 bits per heavy atom. The van der Waals surface area contributed by atoms with Crippen molar-refractivity contribution in [2.24, 2.45) is 0 Å². The molecule has 1 atom stereocenters. The van der Waals surface area contributed by atoms with Gasteiger partial charge < -0.3 is 9.84 Å². The lowest BCUT2D eigenvalue weighted by molar-refractivity contribution is -0.160. The third kappa shape index (κ3) is 4.80. The SMILES string of the molecule is Cc1ccc(-c2c(C)nc(-c3cncnc3)c(C)c2C(OC(C)(C)C)C(=O)O)cc1C. The van der Waals surface area contributed by atoms with Gasteiger partial charge in [-0.15, -0.1) is 0 Å². The highest BCUT2D eigenvalue weighted by atomic mass is 16.5. The monoisotopic (exact) mass is 419 g/mol. The summed E-state index contributed by atoms with van der Waals surface area (Å²) in [7, 11) is 0. The van der Waals surface area contributed by atoms with Gasteiger partial charge in [0.2, 0.25) is 0 Å². The molecule has 0 fully saturated rings. The van der Waals surface area contributed by atoms with E-state index < -0.39 is 17.7 Å². The molecule has 0 radical (unpaired) electrons. The highest BCUT2D eigenvalue weighted by Gasteiger charge is 2.33. The van der Waals surface area contributed by atoms with Gasteiger partial charge in [-0.1, -0.05) is 18.2 Å². The van der Waals surface area contributed by atoms with E-state index in [4.69, 9.17) is 9.72 Å². The van der Waals surface area contributed by atoms with E-state index in [1.54, 1.807) is 12.4 Å². The minimum Gasteiger partial charge on any atom is -0.479 e. The molecule has 0 aliphatic rings. The van der Waals surface area contributed by atoms with Crippen molar-refractivity contribution in [1.29, 1.82) is 0 Å². The number of hydrogen-bond donors (Lipinski definition) is 1. The Hall–Kier alpha value is -3.12. The average molecular weight is 420 g/mol. The first-order valence-electron chi connectivity index (χ1n) is 10.2. The highest BCUT2D eigenvalue weighted by molar-refractivity contribution is 5.84. The normalized spacial score (nSPS) is 12.6. The van der Waals surface area contributed by atoms with Crippen molar-refractivity contribution in [3.05, 3.63) is 64.9 Å². The molecular weight excluding hydrogens is 390 g/mol. The van der Waals surface area contributed by atoms with Crippen LogP contribution in [0.5, 0.6) is 0 Å². The molecule has 0 amide bonds. The van der Waals surface area contributed by atoms with Gasteiger partial charge >= 0.3 is 5.97 Å². The first-order chi connectivity index (χ1) is 14.5. The highest BCUT2D eigenvalue weighted by Crippen LogP contribution is 2.40. The zero-order chi connectivity index (χ0) is 22.9. The number of benzene rings is 1. The van der Waals surface area contributed by atoms with Crippen molar-refractivity contribution in [3.63, 3.8) is 0 Å². The number of aliphatic carboxylic acids is 1. The van der Waals surface area contributed by atoms with E-state index >= 15 is 0 Å². The van der Waals surface area contributed by atoms with Crippen molar-refractivity contribution >= 4 is 5.97 Å². The number of aryl methyl sites for hydroxylation is 3. The number of nitrogens with zero attached hydrogens (tertiary/aromatic N) is 3. The average Bonchev–Trinajstić information content (AvgIpc) is 2.69. The minimum atomic E-state index is -1.15. The van der Waals surface area contributed by atoms with Crippen molar-refractivity contribution < 1.29 is 14.6 Å². The summed E-state index contributed by atoms with van der Waals surface area (Å²) in [5.74, 6) is -1.04. The molecule has 0 spiro atoms. The van der Waals surface area contributed by atoms with Crippen LogP contribution >= 0.6 is 0 Å². The molecule has 2 aromatic heterocycles. The van der Waals surface area contributed by atoms with Gasteiger partial charge in [-0.3, -0.25) is 4.98 Å². The van der Waals surface area contributed by atoms with Gasteiger partial charge in [0.25, 0.3) is 0 Å². The van der Waals surface area contributed by atoms with Crippen LogP contribution in [0.15, 0.2) is 36.9 Å². The smallest absolute Gasteiger partial charge is 0.337 e. The summed E-state index contributed by atoms with van der Waals surface area (Å²) in [6, 6.07) is 6.13. The van der Waals surface area contributed by atoms with Crippen LogP contribution in [0.1, 0.15) is 54.8 Å². The zero-order valence-electron chi connectivity index (χ0n) is 19.1. The Labute approximate surface area is 183 Å². The molecule has 3 aromatic rings. The van der Waals surface area contributed by atoms with Gasteiger partial charge in [0, 0.05) is 34.8 Å². The molecule has 0 saturated heterocycles. The van der Waals surface area contributed by atoms with Crippen molar-refractivity contribution in [2.75, 3.05) is 0 Å². The van der Waals surface area contributed by atoms with Gasteiger partial charge in [-0.25, -0.2) is 14.8 Å². The summed E-state index contributed by atoms with van der Waals surface area (Å²) >= 11 is 0. The Kier molecular flexibility index (Phi) is 6.23. The summed E-state index contributed by atoms with van der Waals surface area (Å²) in [4.78, 5) is 25.5. The molecule has 3 rings (SSSR count). The summed E-state index contributed by atoms with van der Waals surface area (Å²) in [5, 5.41) is 10.2. The van der Waals surface area contributed by atoms with E-state index in [2.05, 4.69) is 23.0 Å². The molecule has 1 unspecified atom stereocenters. The van der Waals surface area contributed by atoms with Crippen molar-refractivity contribution in [1.82, 2.24) is 15.0 Å². The fraction of sp³-hybridized carbons (Fsp3) is 0.360. The second kappa shape index (κ2) is 8.55. The van der Waals surface area contributed by atoms with Crippen LogP contribution in [0.3, 0.4) is 0 Å². The van der Waals surface area contributed by atoms with Gasteiger partial charge in [0.05, 0.1) is 11.3 Å². The third-order valence-electron chi connectivity index (χ3n) is 5.26. The molecule has 162 valence electrons. The van der Waals surface area contributed by atoms with Crippen LogP contribution in [-0.4, -0.2) is 31.6 Å². The summed E-state index contributed by atoms with van der Waals surface area (Å²) < 4.78 is 6.07. The standard InChI is InChI=1S/C25H29N3O3/c1-14-8-9-18(10-15(14)2)21-17(4)28-22(19-11-26-13-27-12-19)16(3)20(21)23(24(29)30)31-25(5,6)7/h8-13,23H,1-7H3,(H,29,30). The van der Waals surface area contributed by atoms with Gasteiger partial charge in [0.15, 0.2) is 6.10 Å². The van der Waals surface area contributed by atoms with Crippen LogP contribution in [0.25, 0.3) is 22.4 Å². The maximum absolute atomic E-state index is 12.4. The fourth-order valence-corrected chi connectivity index (χ4v) is 3.70. The van der Waals surface area contributed by atoms with Crippen LogP contribution in [0, 0.1) is 27.7 Å². The zero-order valence-corrected chi connectivity index (χ0v) is 19.1. The molecule has 0 bridgehead atoms. The molecule has 6 heteroatoms. The molecule has 0 aliphatic heterocycles. The van der Waals surface area contributed by atoms with Crippen LogP contribution in [0.2, 0.25) is 0 Å². The van der Waals surface area contributed by atoms with E-state index in [0.717, 1.165) is 33.5 Å². The number of hydrogen-bond acceptors (Lipinski definition) is 5. The molecule has 31 heavy (non-hydrogen) atoms. The number of pyridine rings is 1. The van der Waals surface area contributed by atoms with E-state index in [-0.39, 0.29) is 0 Å². The van der Waals surface area contributed by atoms with E-state index in [0.29, 0.717) is 11.3 Å². The molecular formula is C25H29N3O3. The van der Waals surface area contributed by atoms with Crippen molar-refractivity contribution in [2.45, 2.75) is 60.2 Å². The maximum Gasteiger partial charge on any atom is 0.337 e. The first-order valence-corrected chi connectivity index (χ1v) is 10.2. The molecule has 2 heterocycles. The van der Waals surface area contributed by atoms with Gasteiger partial charge in [-0.2, -0.15) is 0 Å². The number of ether oxygens (including phenoxy) is 1. The van der Waals surface area contributed by atoms with E-state index in [1.165, 1.54) is 11.9 Å². The lowest BCUT2D eigenvalue weighted by atomic mass is 9.88. The number of rotatable bonds is 5. The van der Waals surface area contributed by atoms with Crippen molar-refractivity contribution in [3.8, 4) is 22.4 Å². The first kappa shape index (κ1) is 22.6. The Balaban J connectivity index is 2.38. The number of aromatic nitrogens is 3. The largest absolute Gasteiger partial charge is 0.479 e. The Morgan fingerprint density at radius 1 is 1.00 bits per heavy atom. The molecule has 6 nitrogen and oxygen atoms in total. The van der Waals surface area contributed by atoms with Crippen LogP contribution < -0.4 is 0 Å². The predicted octanol–water partition coefficient (Wildman–Crippen LogP) is 5.38. The maximum atomic E-state index is 12.4. The van der Waals surface area contributed by atoms with Gasteiger partial charge in [-0.05, 0) is 70.7 Å². The lowest BCUT2D eigenvalue weighted by Gasteiger charge is -2.29. The Bertz CT molecular complexity index is 1120. The number of carbonyl (C=O) groups is 1. The number of carboxylic acid groups (broad SMARTS) is 1. The topological polar surface area (TPSA) is 85.2 Å². The fourth-order valence-electron chi connectivity index (χ4n) is 3.70. The second-order valence-electron chi connectivity index (χ2n) is 8.83. The van der Waals surface area contributed by atoms with E-state index in [9.17, 15) is 9.90 Å². The second-order valence-corrected chi connectivity index (χ2v) is 8.83. The summed E-state index contributed by atoms with van der Waals surface area (Å²) in [5.41, 5.74) is 6.83. The van der Waals surface area contributed by atoms with Crippen LogP contribution in [0.4, 0.5) is 0 Å². The Morgan fingerprint density at radius 3 is 2.19 bits per heavy atom. The quantitative estimate of drug-likeness (QED) is 0.598. The summed E-state index contributed by atoms with van der Waals surface area (Å²) in [6.07, 6.45) is 3.67. The molecule has 1 N–H and O–H groups in total. The minimum absolute atomic E-state index is 0.608. The third-order valence-corrected chi connectivity index (χ3v) is 5.26. The van der Waals surface area contributed by atoms with Gasteiger partial charge in [0.1, 0.15) is 6.33 Å². The van der Waals surface area contributed by atoms with Crippen LogP contribution in [-0.2, 0) is 9.53 Å². The molecule has 0 aliphatic carbocycles. The summed E-state index contributed by atoms with van der Waals surface area (Å²) in [6.45, 7) is 13.4.